The fraction of sp³-hybridized carbons (Fsp3) is 0.600. The molecule has 0 amide bonds. The zero-order valence-corrected chi connectivity index (χ0v) is 8.99. The third-order valence-corrected chi connectivity index (χ3v) is 2.65. The van der Waals surface area contributed by atoms with E-state index < -0.39 is 11.5 Å². The summed E-state index contributed by atoms with van der Waals surface area (Å²) in [4.78, 5) is 8.96. The number of ether oxygens (including phenoxy) is 1. The van der Waals surface area contributed by atoms with Gasteiger partial charge in [-0.05, 0) is 0 Å². The van der Waals surface area contributed by atoms with E-state index in [9.17, 15) is 8.78 Å². The zero-order valence-electron chi connectivity index (χ0n) is 8.99. The predicted octanol–water partition coefficient (Wildman–Crippen LogP) is 1.18. The number of rotatable bonds is 3. The van der Waals surface area contributed by atoms with Gasteiger partial charge in [0.05, 0.1) is 19.3 Å². The number of hydrogen-bond acceptors (Lipinski definition) is 4. The Bertz CT molecular complexity index is 377. The molecule has 88 valence electrons. The quantitative estimate of drug-likeness (QED) is 0.780. The molecule has 2 rings (SSSR count). The van der Waals surface area contributed by atoms with E-state index in [1.165, 1.54) is 13.4 Å². The van der Waals surface area contributed by atoms with Crippen molar-refractivity contribution in [3.63, 3.8) is 0 Å². The number of hydrogen-bond donors (Lipinski definition) is 0. The molecular weight excluding hydrogens is 216 g/mol. The molecular formula is C10H13F2N3O. The van der Waals surface area contributed by atoms with Crippen molar-refractivity contribution in [2.45, 2.75) is 12.1 Å². The lowest BCUT2D eigenvalue weighted by Crippen LogP contribution is -2.33. The van der Waals surface area contributed by atoms with Crippen LogP contribution in [0.1, 0.15) is 6.42 Å². The fourth-order valence-corrected chi connectivity index (χ4v) is 1.93. The smallest absolute Gasteiger partial charge is 0.183 e. The maximum Gasteiger partial charge on any atom is 0.183 e. The van der Waals surface area contributed by atoms with Crippen LogP contribution in [0.4, 0.5) is 14.6 Å². The molecule has 6 heteroatoms. The first-order chi connectivity index (χ1) is 7.64. The monoisotopic (exact) mass is 229 g/mol. The number of methoxy groups -OCH3 is 1. The third-order valence-electron chi connectivity index (χ3n) is 2.65. The van der Waals surface area contributed by atoms with Crippen LogP contribution in [0.2, 0.25) is 0 Å². The van der Waals surface area contributed by atoms with Crippen LogP contribution >= 0.6 is 0 Å². The van der Waals surface area contributed by atoms with Crippen molar-refractivity contribution >= 4 is 5.82 Å². The maximum absolute atomic E-state index is 14.0. The van der Waals surface area contributed by atoms with Crippen molar-refractivity contribution in [1.82, 2.24) is 9.97 Å². The Morgan fingerprint density at radius 2 is 2.44 bits per heavy atom. The Hall–Kier alpha value is -1.30. The van der Waals surface area contributed by atoms with Crippen LogP contribution in [0.5, 0.6) is 0 Å². The highest BCUT2D eigenvalue weighted by Crippen LogP contribution is 2.29. The predicted molar refractivity (Wildman–Crippen MR) is 54.5 cm³/mol. The topological polar surface area (TPSA) is 38.2 Å². The summed E-state index contributed by atoms with van der Waals surface area (Å²) in [5.41, 5.74) is -1.41. The van der Waals surface area contributed by atoms with Crippen molar-refractivity contribution < 1.29 is 13.5 Å². The van der Waals surface area contributed by atoms with Gasteiger partial charge in [-0.15, -0.1) is 0 Å². The van der Waals surface area contributed by atoms with Gasteiger partial charge in [0, 0.05) is 20.1 Å². The summed E-state index contributed by atoms with van der Waals surface area (Å²) in [7, 11) is 1.45. The molecule has 0 N–H and O–H groups in total. The summed E-state index contributed by atoms with van der Waals surface area (Å²) in [5, 5.41) is 0. The molecule has 0 radical (unpaired) electrons. The lowest BCUT2D eigenvalue weighted by molar-refractivity contribution is 0.0570. The van der Waals surface area contributed by atoms with Crippen LogP contribution in [-0.2, 0) is 4.74 Å². The van der Waals surface area contributed by atoms with E-state index >= 15 is 0 Å². The summed E-state index contributed by atoms with van der Waals surface area (Å²) < 4.78 is 32.2. The molecule has 0 spiro atoms. The van der Waals surface area contributed by atoms with E-state index in [-0.39, 0.29) is 19.0 Å². The second kappa shape index (κ2) is 4.29. The Balaban J connectivity index is 2.12. The van der Waals surface area contributed by atoms with Crippen molar-refractivity contribution in [3.05, 3.63) is 18.3 Å². The van der Waals surface area contributed by atoms with E-state index in [4.69, 9.17) is 4.74 Å². The summed E-state index contributed by atoms with van der Waals surface area (Å²) >= 11 is 0. The molecule has 1 aliphatic heterocycles. The SMILES string of the molecule is COCC1(F)CCN(c2ncncc2F)C1. The zero-order chi connectivity index (χ0) is 11.6. The highest BCUT2D eigenvalue weighted by molar-refractivity contribution is 5.40. The van der Waals surface area contributed by atoms with Gasteiger partial charge in [-0.2, -0.15) is 0 Å². The number of anilines is 1. The van der Waals surface area contributed by atoms with Crippen LogP contribution < -0.4 is 4.90 Å². The lowest BCUT2D eigenvalue weighted by atomic mass is 10.1. The van der Waals surface area contributed by atoms with Crippen molar-refractivity contribution in [2.75, 3.05) is 31.7 Å². The second-order valence-corrected chi connectivity index (χ2v) is 3.95. The summed E-state index contributed by atoms with van der Waals surface area (Å²) in [6.07, 6.45) is 2.66. The third kappa shape index (κ3) is 2.11. The van der Waals surface area contributed by atoms with Crippen molar-refractivity contribution in [1.29, 1.82) is 0 Å². The molecule has 1 atom stereocenters. The first-order valence-electron chi connectivity index (χ1n) is 5.03. The van der Waals surface area contributed by atoms with Gasteiger partial charge < -0.3 is 9.64 Å². The minimum atomic E-state index is -1.41. The molecule has 0 aromatic carbocycles. The van der Waals surface area contributed by atoms with Gasteiger partial charge in [0.25, 0.3) is 0 Å². The Morgan fingerprint density at radius 3 is 3.12 bits per heavy atom. The standard InChI is InChI=1S/C10H13F2N3O/c1-16-6-10(12)2-3-15(5-10)9-8(11)4-13-7-14-9/h4,7H,2-3,5-6H2,1H3. The summed E-state index contributed by atoms with van der Waals surface area (Å²) in [5.74, 6) is -0.366. The van der Waals surface area contributed by atoms with Gasteiger partial charge in [-0.3, -0.25) is 0 Å². The van der Waals surface area contributed by atoms with E-state index in [0.717, 1.165) is 6.20 Å². The number of nitrogens with zero attached hydrogens (tertiary/aromatic N) is 3. The van der Waals surface area contributed by atoms with Gasteiger partial charge in [0.15, 0.2) is 17.3 Å². The Morgan fingerprint density at radius 1 is 1.62 bits per heavy atom. The number of halogens is 2. The highest BCUT2D eigenvalue weighted by Gasteiger charge is 2.39. The first-order valence-corrected chi connectivity index (χ1v) is 5.03. The molecule has 4 nitrogen and oxygen atoms in total. The highest BCUT2D eigenvalue weighted by atomic mass is 19.1. The van der Waals surface area contributed by atoms with Crippen molar-refractivity contribution in [2.24, 2.45) is 0 Å². The van der Waals surface area contributed by atoms with Crippen LogP contribution in [0, 0.1) is 5.82 Å². The minimum Gasteiger partial charge on any atom is -0.381 e. The van der Waals surface area contributed by atoms with E-state index in [1.54, 1.807) is 4.90 Å². The van der Waals surface area contributed by atoms with Crippen LogP contribution in [0.15, 0.2) is 12.5 Å². The van der Waals surface area contributed by atoms with E-state index in [1.807, 2.05) is 0 Å². The summed E-state index contributed by atoms with van der Waals surface area (Å²) in [6, 6.07) is 0. The van der Waals surface area contributed by atoms with Crippen LogP contribution in [0.3, 0.4) is 0 Å². The molecule has 1 saturated heterocycles. The maximum atomic E-state index is 14.0. The van der Waals surface area contributed by atoms with Gasteiger partial charge in [-0.25, -0.2) is 18.7 Å². The molecule has 2 heterocycles. The molecule has 0 bridgehead atoms. The first kappa shape index (κ1) is 11.2. The average molecular weight is 229 g/mol. The molecule has 1 aromatic rings. The molecule has 0 saturated carbocycles. The Kier molecular flexibility index (Phi) is 3.00. The Labute approximate surface area is 92.3 Å². The van der Waals surface area contributed by atoms with Gasteiger partial charge >= 0.3 is 0 Å². The fourth-order valence-electron chi connectivity index (χ4n) is 1.93. The molecule has 16 heavy (non-hydrogen) atoms. The summed E-state index contributed by atoms with van der Waals surface area (Å²) in [6.45, 7) is 0.568. The number of alkyl halides is 1. The molecule has 1 aliphatic rings. The molecule has 1 unspecified atom stereocenters. The van der Waals surface area contributed by atoms with Crippen LogP contribution in [0.25, 0.3) is 0 Å². The second-order valence-electron chi connectivity index (χ2n) is 3.95. The molecule has 1 fully saturated rings. The van der Waals surface area contributed by atoms with Gasteiger partial charge in [0.2, 0.25) is 0 Å². The molecule has 1 aromatic heterocycles. The minimum absolute atomic E-state index is 0.0240. The normalized spacial score (nSPS) is 25.1. The van der Waals surface area contributed by atoms with Crippen molar-refractivity contribution in [3.8, 4) is 0 Å². The number of aromatic nitrogens is 2. The van der Waals surface area contributed by atoms with E-state index in [0.29, 0.717) is 13.0 Å². The average Bonchev–Trinajstić information content (AvgIpc) is 2.62. The van der Waals surface area contributed by atoms with Gasteiger partial charge in [0.1, 0.15) is 6.33 Å². The largest absolute Gasteiger partial charge is 0.381 e. The lowest BCUT2D eigenvalue weighted by Gasteiger charge is -2.20. The van der Waals surface area contributed by atoms with Gasteiger partial charge in [-0.1, -0.05) is 0 Å². The van der Waals surface area contributed by atoms with Crippen LogP contribution in [-0.4, -0.2) is 42.4 Å². The van der Waals surface area contributed by atoms with E-state index in [2.05, 4.69) is 9.97 Å². The molecule has 0 aliphatic carbocycles.